The van der Waals surface area contributed by atoms with Crippen LogP contribution in [0.5, 0.6) is 0 Å². The number of nitrogens with zero attached hydrogens (tertiary/aromatic N) is 1. The van der Waals surface area contributed by atoms with Crippen LogP contribution >= 0.6 is 0 Å². The second-order valence-electron chi connectivity index (χ2n) is 1.67. The summed E-state index contributed by atoms with van der Waals surface area (Å²) in [4.78, 5) is 0. The van der Waals surface area contributed by atoms with Crippen LogP contribution in [-0.2, 0) is 0 Å². The maximum absolute atomic E-state index is 3.03. The van der Waals surface area contributed by atoms with Gasteiger partial charge in [0.15, 0.2) is 0 Å². The molecule has 0 bridgehead atoms. The molecule has 0 aromatic heterocycles. The molecule has 4 nitrogen and oxygen atoms in total. The van der Waals surface area contributed by atoms with Crippen LogP contribution in [0, 0.1) is 0 Å². The SMILES string of the molecule is CC1NNN(C)N1. The maximum Gasteiger partial charge on any atom is 0.0833 e. The molecule has 0 aromatic carbocycles. The van der Waals surface area contributed by atoms with Crippen molar-refractivity contribution in [3.05, 3.63) is 0 Å². The van der Waals surface area contributed by atoms with Crippen LogP contribution in [0.4, 0.5) is 0 Å². The van der Waals surface area contributed by atoms with Gasteiger partial charge in [0.1, 0.15) is 0 Å². The largest absolute Gasteiger partial charge is 0.225 e. The van der Waals surface area contributed by atoms with E-state index in [-0.39, 0.29) is 0 Å². The van der Waals surface area contributed by atoms with Gasteiger partial charge in [0, 0.05) is 7.05 Å². The fourth-order valence-electron chi connectivity index (χ4n) is 0.549. The number of hydrogen-bond acceptors (Lipinski definition) is 4. The van der Waals surface area contributed by atoms with Crippen LogP contribution < -0.4 is 16.4 Å². The van der Waals surface area contributed by atoms with Gasteiger partial charge in [-0.05, 0) is 6.92 Å². The quantitative estimate of drug-likeness (QED) is 0.359. The highest BCUT2D eigenvalue weighted by molar-refractivity contribution is 4.53. The highest BCUT2D eigenvalue weighted by atomic mass is 15.9. The predicted octanol–water partition coefficient (Wildman–Crippen LogP) is -1.21. The molecule has 1 saturated heterocycles. The molecule has 42 valence electrons. The highest BCUT2D eigenvalue weighted by Gasteiger charge is 2.09. The van der Waals surface area contributed by atoms with Gasteiger partial charge in [-0.3, -0.25) is 0 Å². The van der Waals surface area contributed by atoms with Gasteiger partial charge in [0.2, 0.25) is 0 Å². The molecule has 1 rings (SSSR count). The lowest BCUT2D eigenvalue weighted by Gasteiger charge is -2.03. The molecule has 3 N–H and O–H groups in total. The summed E-state index contributed by atoms with van der Waals surface area (Å²) >= 11 is 0. The van der Waals surface area contributed by atoms with Crippen molar-refractivity contribution in [1.82, 2.24) is 21.5 Å². The maximum atomic E-state index is 3.03. The molecule has 1 unspecified atom stereocenters. The molecule has 1 fully saturated rings. The number of hydrazine groups is 3. The van der Waals surface area contributed by atoms with E-state index in [0.29, 0.717) is 6.17 Å². The van der Waals surface area contributed by atoms with Gasteiger partial charge in [-0.1, -0.05) is 0 Å². The summed E-state index contributed by atoms with van der Waals surface area (Å²) in [6.07, 6.45) is 0.338. The molecule has 0 aromatic rings. The van der Waals surface area contributed by atoms with Crippen molar-refractivity contribution in [1.29, 1.82) is 0 Å². The monoisotopic (exact) mass is 102 g/mol. The minimum absolute atomic E-state index is 0.338. The molecule has 1 aliphatic rings. The van der Waals surface area contributed by atoms with Crippen LogP contribution in [0.25, 0.3) is 0 Å². The fourth-order valence-corrected chi connectivity index (χ4v) is 0.549. The Morgan fingerprint density at radius 2 is 2.29 bits per heavy atom. The predicted molar refractivity (Wildman–Crippen MR) is 26.6 cm³/mol. The number of rotatable bonds is 0. The first-order chi connectivity index (χ1) is 3.29. The van der Waals surface area contributed by atoms with Crippen LogP contribution in [0.2, 0.25) is 0 Å². The van der Waals surface area contributed by atoms with Crippen LogP contribution in [0.15, 0.2) is 0 Å². The summed E-state index contributed by atoms with van der Waals surface area (Å²) in [5.74, 6) is 0. The summed E-state index contributed by atoms with van der Waals surface area (Å²) in [5.41, 5.74) is 8.80. The molecule has 0 aliphatic carbocycles. The average Bonchev–Trinajstić information content (AvgIpc) is 1.87. The summed E-state index contributed by atoms with van der Waals surface area (Å²) < 4.78 is 0. The number of hydrogen-bond donors (Lipinski definition) is 3. The third kappa shape index (κ3) is 1.10. The van der Waals surface area contributed by atoms with Gasteiger partial charge in [-0.15, -0.1) is 0 Å². The topological polar surface area (TPSA) is 39.3 Å². The van der Waals surface area contributed by atoms with Crippen LogP contribution in [0.1, 0.15) is 6.92 Å². The number of nitrogens with one attached hydrogen (secondary N) is 3. The Hall–Kier alpha value is -0.160. The highest BCUT2D eigenvalue weighted by Crippen LogP contribution is 1.78. The molecular weight excluding hydrogens is 92.1 g/mol. The third-order valence-electron chi connectivity index (χ3n) is 0.836. The van der Waals surface area contributed by atoms with Crippen LogP contribution in [-0.4, -0.2) is 18.3 Å². The van der Waals surface area contributed by atoms with E-state index in [1.54, 1.807) is 5.12 Å². The minimum Gasteiger partial charge on any atom is -0.225 e. The van der Waals surface area contributed by atoms with Gasteiger partial charge in [0.05, 0.1) is 6.17 Å². The molecule has 0 amide bonds. The Kier molecular flexibility index (Phi) is 1.25. The summed E-state index contributed by atoms with van der Waals surface area (Å²) in [7, 11) is 1.90. The minimum atomic E-state index is 0.338. The standard InChI is InChI=1S/C3H10N4/c1-3-4-6-7(2)5-3/h3-6H,1-2H3. The first kappa shape index (κ1) is 4.99. The fraction of sp³-hybridized carbons (Fsp3) is 1.00. The molecule has 1 heterocycles. The van der Waals surface area contributed by atoms with E-state index in [9.17, 15) is 0 Å². The van der Waals surface area contributed by atoms with Crippen molar-refractivity contribution >= 4 is 0 Å². The molecule has 1 atom stereocenters. The lowest BCUT2D eigenvalue weighted by atomic mass is 10.6. The van der Waals surface area contributed by atoms with Gasteiger partial charge in [-0.2, -0.15) is 10.7 Å². The molecule has 0 saturated carbocycles. The molecule has 4 heteroatoms. The molecule has 0 radical (unpaired) electrons. The zero-order chi connectivity index (χ0) is 5.28. The van der Waals surface area contributed by atoms with E-state index in [2.05, 4.69) is 16.4 Å². The van der Waals surface area contributed by atoms with Crippen molar-refractivity contribution < 1.29 is 0 Å². The van der Waals surface area contributed by atoms with E-state index in [0.717, 1.165) is 0 Å². The second kappa shape index (κ2) is 1.75. The Morgan fingerprint density at radius 3 is 2.43 bits per heavy atom. The summed E-state index contributed by atoms with van der Waals surface area (Å²) in [6, 6.07) is 0. The van der Waals surface area contributed by atoms with Gasteiger partial charge >= 0.3 is 0 Å². The first-order valence-corrected chi connectivity index (χ1v) is 2.30. The third-order valence-corrected chi connectivity index (χ3v) is 0.836. The molecule has 1 aliphatic heterocycles. The molecule has 0 spiro atoms. The van der Waals surface area contributed by atoms with Crippen LogP contribution in [0.3, 0.4) is 0 Å². The van der Waals surface area contributed by atoms with E-state index >= 15 is 0 Å². The Bertz CT molecular complexity index is 56.0. The van der Waals surface area contributed by atoms with Crippen molar-refractivity contribution in [2.75, 3.05) is 7.05 Å². The van der Waals surface area contributed by atoms with Crippen molar-refractivity contribution in [3.63, 3.8) is 0 Å². The smallest absolute Gasteiger partial charge is 0.0833 e. The first-order valence-electron chi connectivity index (χ1n) is 2.30. The van der Waals surface area contributed by atoms with E-state index in [1.165, 1.54) is 0 Å². The second-order valence-corrected chi connectivity index (χ2v) is 1.67. The van der Waals surface area contributed by atoms with Gasteiger partial charge < -0.3 is 0 Å². The van der Waals surface area contributed by atoms with Gasteiger partial charge in [-0.25, -0.2) is 10.9 Å². The van der Waals surface area contributed by atoms with Crippen molar-refractivity contribution in [2.24, 2.45) is 0 Å². The lowest BCUT2D eigenvalue weighted by Crippen LogP contribution is -2.36. The van der Waals surface area contributed by atoms with E-state index in [1.807, 2.05) is 14.0 Å². The zero-order valence-corrected chi connectivity index (χ0v) is 4.52. The van der Waals surface area contributed by atoms with E-state index < -0.39 is 0 Å². The molecule has 7 heavy (non-hydrogen) atoms. The Morgan fingerprint density at radius 1 is 1.57 bits per heavy atom. The van der Waals surface area contributed by atoms with Gasteiger partial charge in [0.25, 0.3) is 0 Å². The van der Waals surface area contributed by atoms with Crippen molar-refractivity contribution in [3.8, 4) is 0 Å². The van der Waals surface area contributed by atoms with Crippen molar-refractivity contribution in [2.45, 2.75) is 13.1 Å². The molecular formula is C3H10N4. The normalized spacial score (nSPS) is 34.3. The average molecular weight is 102 g/mol. The Balaban J connectivity index is 2.26. The summed E-state index contributed by atoms with van der Waals surface area (Å²) in [5, 5.41) is 1.77. The van der Waals surface area contributed by atoms with E-state index in [4.69, 9.17) is 0 Å². The lowest BCUT2D eigenvalue weighted by molar-refractivity contribution is 0.216. The summed E-state index contributed by atoms with van der Waals surface area (Å²) in [6.45, 7) is 2.02. The Labute approximate surface area is 42.8 Å². The zero-order valence-electron chi connectivity index (χ0n) is 4.52.